The van der Waals surface area contributed by atoms with E-state index in [0.29, 0.717) is 16.4 Å². The topological polar surface area (TPSA) is 60.5 Å². The molecule has 1 amide bonds. The van der Waals surface area contributed by atoms with Crippen molar-refractivity contribution in [1.82, 2.24) is 4.98 Å². The fraction of sp³-hybridized carbons (Fsp3) is 0.0588. The van der Waals surface area contributed by atoms with E-state index in [1.165, 1.54) is 11.3 Å². The second-order valence-corrected chi connectivity index (χ2v) is 6.84. The lowest BCUT2D eigenvalue weighted by atomic mass is 10.1. The van der Waals surface area contributed by atoms with Gasteiger partial charge in [0.1, 0.15) is 0 Å². The summed E-state index contributed by atoms with van der Waals surface area (Å²) in [5.41, 5.74) is 2.27. The SMILES string of the molecule is O=C(Nc1nc(-c2ccc3c(c2)OCO3)cs1)c1cccc(Br)c1. The molecule has 4 rings (SSSR count). The van der Waals surface area contributed by atoms with Gasteiger partial charge in [0, 0.05) is 21.0 Å². The van der Waals surface area contributed by atoms with Crippen molar-refractivity contribution in [2.24, 2.45) is 0 Å². The number of halogens is 1. The van der Waals surface area contributed by atoms with Crippen molar-refractivity contribution in [2.75, 3.05) is 12.1 Å². The van der Waals surface area contributed by atoms with E-state index >= 15 is 0 Å². The van der Waals surface area contributed by atoms with Crippen LogP contribution in [-0.4, -0.2) is 17.7 Å². The van der Waals surface area contributed by atoms with Gasteiger partial charge in [-0.3, -0.25) is 10.1 Å². The highest BCUT2D eigenvalue weighted by Crippen LogP contribution is 2.36. The zero-order valence-corrected chi connectivity index (χ0v) is 14.7. The highest BCUT2D eigenvalue weighted by Gasteiger charge is 2.15. The number of thiazole rings is 1. The van der Waals surface area contributed by atoms with Crippen molar-refractivity contribution >= 4 is 38.3 Å². The van der Waals surface area contributed by atoms with Crippen molar-refractivity contribution in [3.8, 4) is 22.8 Å². The predicted molar refractivity (Wildman–Crippen MR) is 95.8 cm³/mol. The number of benzene rings is 2. The van der Waals surface area contributed by atoms with Crippen molar-refractivity contribution in [3.05, 3.63) is 57.9 Å². The first-order chi connectivity index (χ1) is 11.7. The van der Waals surface area contributed by atoms with E-state index in [1.807, 2.05) is 35.7 Å². The third-order valence-corrected chi connectivity index (χ3v) is 4.73. The number of aromatic nitrogens is 1. The van der Waals surface area contributed by atoms with E-state index in [0.717, 1.165) is 21.5 Å². The van der Waals surface area contributed by atoms with Gasteiger partial charge in [0.25, 0.3) is 5.91 Å². The molecule has 0 spiro atoms. The van der Waals surface area contributed by atoms with Gasteiger partial charge in [-0.15, -0.1) is 11.3 Å². The van der Waals surface area contributed by atoms with Gasteiger partial charge in [-0.1, -0.05) is 22.0 Å². The molecule has 0 bridgehead atoms. The third kappa shape index (κ3) is 3.00. The van der Waals surface area contributed by atoms with Crippen LogP contribution in [0.2, 0.25) is 0 Å². The van der Waals surface area contributed by atoms with Crippen LogP contribution in [0.15, 0.2) is 52.3 Å². The number of ether oxygens (including phenoxy) is 2. The summed E-state index contributed by atoms with van der Waals surface area (Å²) in [6.45, 7) is 0.240. The summed E-state index contributed by atoms with van der Waals surface area (Å²) in [6.07, 6.45) is 0. The monoisotopic (exact) mass is 402 g/mol. The molecular weight excluding hydrogens is 392 g/mol. The predicted octanol–water partition coefficient (Wildman–Crippen LogP) is 4.55. The maximum Gasteiger partial charge on any atom is 0.257 e. The number of nitrogens with zero attached hydrogens (tertiary/aromatic N) is 1. The number of hydrogen-bond acceptors (Lipinski definition) is 5. The quantitative estimate of drug-likeness (QED) is 0.697. The molecule has 2 heterocycles. The van der Waals surface area contributed by atoms with Crippen LogP contribution in [0.3, 0.4) is 0 Å². The van der Waals surface area contributed by atoms with Crippen LogP contribution in [-0.2, 0) is 0 Å². The maximum atomic E-state index is 12.3. The molecular formula is C17H11BrN2O3S. The Bertz CT molecular complexity index is 926. The number of fused-ring (bicyclic) bond motifs is 1. The first kappa shape index (κ1) is 15.2. The Labute approximate surface area is 150 Å². The van der Waals surface area contributed by atoms with Crippen LogP contribution in [0.25, 0.3) is 11.3 Å². The number of carbonyl (C=O) groups is 1. The number of nitrogens with one attached hydrogen (secondary N) is 1. The molecule has 3 aromatic rings. The highest BCUT2D eigenvalue weighted by molar-refractivity contribution is 9.10. The summed E-state index contributed by atoms with van der Waals surface area (Å²) in [5, 5.41) is 5.27. The Hall–Kier alpha value is -2.38. The van der Waals surface area contributed by atoms with Crippen LogP contribution < -0.4 is 14.8 Å². The Balaban J connectivity index is 1.53. The first-order valence-corrected chi connectivity index (χ1v) is 8.79. The second-order valence-electron chi connectivity index (χ2n) is 5.07. The lowest BCUT2D eigenvalue weighted by molar-refractivity contribution is 0.102. The van der Waals surface area contributed by atoms with Crippen LogP contribution in [0.4, 0.5) is 5.13 Å². The summed E-state index contributed by atoms with van der Waals surface area (Å²) in [6, 6.07) is 12.9. The first-order valence-electron chi connectivity index (χ1n) is 7.11. The standard InChI is InChI=1S/C17H11BrN2O3S/c18-12-3-1-2-11(6-12)16(21)20-17-19-13(8-24-17)10-4-5-14-15(7-10)23-9-22-14/h1-8H,9H2,(H,19,20,21). The normalized spacial score (nSPS) is 12.2. The van der Waals surface area contributed by atoms with E-state index in [2.05, 4.69) is 26.2 Å². The number of rotatable bonds is 3. The number of hydrogen-bond donors (Lipinski definition) is 1. The van der Waals surface area contributed by atoms with Gasteiger partial charge in [0.2, 0.25) is 6.79 Å². The molecule has 5 nitrogen and oxygen atoms in total. The van der Waals surface area contributed by atoms with Gasteiger partial charge < -0.3 is 9.47 Å². The molecule has 7 heteroatoms. The van der Waals surface area contributed by atoms with Crippen molar-refractivity contribution < 1.29 is 14.3 Å². The van der Waals surface area contributed by atoms with Crippen molar-refractivity contribution in [3.63, 3.8) is 0 Å². The molecule has 1 aliphatic heterocycles. The minimum Gasteiger partial charge on any atom is -0.454 e. The van der Waals surface area contributed by atoms with E-state index in [-0.39, 0.29) is 12.7 Å². The summed E-state index contributed by atoms with van der Waals surface area (Å²) >= 11 is 4.74. The average molecular weight is 403 g/mol. The van der Waals surface area contributed by atoms with Crippen molar-refractivity contribution in [2.45, 2.75) is 0 Å². The van der Waals surface area contributed by atoms with Crippen LogP contribution in [0.5, 0.6) is 11.5 Å². The van der Waals surface area contributed by atoms with Gasteiger partial charge in [0.15, 0.2) is 16.6 Å². The molecule has 2 aromatic carbocycles. The molecule has 0 saturated carbocycles. The Kier molecular flexibility index (Phi) is 3.95. The largest absolute Gasteiger partial charge is 0.454 e. The number of anilines is 1. The molecule has 24 heavy (non-hydrogen) atoms. The van der Waals surface area contributed by atoms with E-state index in [1.54, 1.807) is 12.1 Å². The molecule has 0 atom stereocenters. The van der Waals surface area contributed by atoms with Crippen LogP contribution in [0.1, 0.15) is 10.4 Å². The summed E-state index contributed by atoms with van der Waals surface area (Å²) in [4.78, 5) is 16.7. The molecule has 1 aromatic heterocycles. The molecule has 0 unspecified atom stereocenters. The zero-order valence-electron chi connectivity index (χ0n) is 12.3. The summed E-state index contributed by atoms with van der Waals surface area (Å²) < 4.78 is 11.5. The van der Waals surface area contributed by atoms with Gasteiger partial charge >= 0.3 is 0 Å². The minimum atomic E-state index is -0.192. The van der Waals surface area contributed by atoms with E-state index in [4.69, 9.17) is 9.47 Å². The van der Waals surface area contributed by atoms with E-state index < -0.39 is 0 Å². The zero-order chi connectivity index (χ0) is 16.5. The second kappa shape index (κ2) is 6.26. The minimum absolute atomic E-state index is 0.192. The molecule has 1 N–H and O–H groups in total. The smallest absolute Gasteiger partial charge is 0.257 e. The fourth-order valence-electron chi connectivity index (χ4n) is 2.32. The summed E-state index contributed by atoms with van der Waals surface area (Å²) in [7, 11) is 0. The Morgan fingerprint density at radius 3 is 2.92 bits per heavy atom. The van der Waals surface area contributed by atoms with Crippen LogP contribution >= 0.6 is 27.3 Å². The molecule has 0 radical (unpaired) electrons. The molecule has 120 valence electrons. The molecule has 0 saturated heterocycles. The molecule has 0 aliphatic carbocycles. The average Bonchev–Trinajstić information content (AvgIpc) is 3.23. The fourth-order valence-corrected chi connectivity index (χ4v) is 3.43. The van der Waals surface area contributed by atoms with Gasteiger partial charge in [0.05, 0.1) is 5.69 Å². The number of amides is 1. The maximum absolute atomic E-state index is 12.3. The summed E-state index contributed by atoms with van der Waals surface area (Å²) in [5.74, 6) is 1.25. The lowest BCUT2D eigenvalue weighted by Crippen LogP contribution is -2.11. The van der Waals surface area contributed by atoms with Gasteiger partial charge in [-0.2, -0.15) is 0 Å². The lowest BCUT2D eigenvalue weighted by Gasteiger charge is -2.02. The van der Waals surface area contributed by atoms with Crippen molar-refractivity contribution in [1.29, 1.82) is 0 Å². The molecule has 1 aliphatic rings. The third-order valence-electron chi connectivity index (χ3n) is 3.48. The highest BCUT2D eigenvalue weighted by atomic mass is 79.9. The van der Waals surface area contributed by atoms with Gasteiger partial charge in [-0.25, -0.2) is 4.98 Å². The van der Waals surface area contributed by atoms with Crippen LogP contribution in [0, 0.1) is 0 Å². The number of carbonyl (C=O) groups excluding carboxylic acids is 1. The molecule has 0 fully saturated rings. The Morgan fingerprint density at radius 2 is 2.04 bits per heavy atom. The van der Waals surface area contributed by atoms with Gasteiger partial charge in [-0.05, 0) is 36.4 Å². The van der Waals surface area contributed by atoms with E-state index in [9.17, 15) is 4.79 Å². The Morgan fingerprint density at radius 1 is 1.17 bits per heavy atom.